The van der Waals surface area contributed by atoms with E-state index in [0.29, 0.717) is 6.42 Å². The Labute approximate surface area is 65.0 Å². The fourth-order valence-corrected chi connectivity index (χ4v) is 0.611. The molecule has 0 aliphatic rings. The Morgan fingerprint density at radius 1 is 1.55 bits per heavy atom. The summed E-state index contributed by atoms with van der Waals surface area (Å²) < 4.78 is 0. The molecule has 0 aliphatic carbocycles. The molecule has 0 saturated carbocycles. The van der Waals surface area contributed by atoms with Crippen molar-refractivity contribution in [1.29, 1.82) is 0 Å². The summed E-state index contributed by atoms with van der Waals surface area (Å²) in [7, 11) is 0. The highest BCUT2D eigenvalue weighted by atomic mass is 17.1. The van der Waals surface area contributed by atoms with Crippen molar-refractivity contribution in [3.8, 4) is 0 Å². The molecule has 0 rings (SSSR count). The first-order valence-electron chi connectivity index (χ1n) is 3.38. The van der Waals surface area contributed by atoms with E-state index in [9.17, 15) is 4.79 Å². The lowest BCUT2D eigenvalue weighted by Crippen LogP contribution is -2.05. The summed E-state index contributed by atoms with van der Waals surface area (Å²) in [6.45, 7) is 3.26. The quantitative estimate of drug-likeness (QED) is 0.285. The average Bonchev–Trinajstić information content (AvgIpc) is 2.02. The number of aliphatic hydroxyl groups excluding tert-OH is 1. The van der Waals surface area contributed by atoms with E-state index in [0.717, 1.165) is 6.42 Å². The van der Waals surface area contributed by atoms with Gasteiger partial charge in [0.2, 0.25) is 0 Å². The summed E-state index contributed by atoms with van der Waals surface area (Å²) in [4.78, 5) is 14.0. The summed E-state index contributed by atoms with van der Waals surface area (Å²) in [5.74, 6) is -0.942. The van der Waals surface area contributed by atoms with Crippen molar-refractivity contribution in [2.75, 3.05) is 0 Å². The second-order valence-corrected chi connectivity index (χ2v) is 2.20. The van der Waals surface area contributed by atoms with E-state index in [1.807, 2.05) is 6.92 Å². The van der Waals surface area contributed by atoms with E-state index < -0.39 is 5.97 Å². The molecule has 0 aromatic rings. The predicted molar refractivity (Wildman–Crippen MR) is 39.0 cm³/mol. The van der Waals surface area contributed by atoms with Crippen LogP contribution in [-0.2, 0) is 9.68 Å². The zero-order chi connectivity index (χ0) is 8.85. The fourth-order valence-electron chi connectivity index (χ4n) is 0.611. The normalized spacial score (nSPS) is 12.3. The van der Waals surface area contributed by atoms with Crippen LogP contribution in [0.3, 0.4) is 0 Å². The van der Waals surface area contributed by atoms with Crippen LogP contribution in [0.5, 0.6) is 0 Å². The van der Waals surface area contributed by atoms with Crippen molar-refractivity contribution >= 4 is 5.97 Å². The summed E-state index contributed by atoms with van der Waals surface area (Å²) in [6.07, 6.45) is 1.16. The Morgan fingerprint density at radius 2 is 2.09 bits per heavy atom. The highest BCUT2D eigenvalue weighted by Gasteiger charge is 2.10. The summed E-state index contributed by atoms with van der Waals surface area (Å²) in [5.41, 5.74) is 0.0503. The van der Waals surface area contributed by atoms with Crippen LogP contribution in [0.1, 0.15) is 26.7 Å². The third-order valence-electron chi connectivity index (χ3n) is 1.31. The molecule has 11 heavy (non-hydrogen) atoms. The highest BCUT2D eigenvalue weighted by Crippen LogP contribution is 2.08. The van der Waals surface area contributed by atoms with Crippen LogP contribution >= 0.6 is 0 Å². The molecule has 0 radical (unpaired) electrons. The number of hydrogen-bond acceptors (Lipinski definition) is 4. The van der Waals surface area contributed by atoms with Crippen LogP contribution in [0.25, 0.3) is 0 Å². The monoisotopic (exact) mass is 160 g/mol. The van der Waals surface area contributed by atoms with Gasteiger partial charge in [-0.1, -0.05) is 6.92 Å². The van der Waals surface area contributed by atoms with Gasteiger partial charge in [-0.15, -0.1) is 0 Å². The minimum absolute atomic E-state index is 0.0356. The lowest BCUT2D eigenvalue weighted by molar-refractivity contribution is -0.229. The van der Waals surface area contributed by atoms with Crippen LogP contribution < -0.4 is 0 Å². The van der Waals surface area contributed by atoms with Gasteiger partial charge in [-0.05, 0) is 13.3 Å². The predicted octanol–water partition coefficient (Wildman–Crippen LogP) is 1.63. The Kier molecular flexibility index (Phi) is 4.29. The van der Waals surface area contributed by atoms with Gasteiger partial charge in [-0.2, -0.15) is 5.26 Å². The Balaban J connectivity index is 4.26. The molecule has 0 bridgehead atoms. The first kappa shape index (κ1) is 9.97. The number of allylic oxidation sites excluding steroid dienone is 1. The van der Waals surface area contributed by atoms with E-state index >= 15 is 0 Å². The summed E-state index contributed by atoms with van der Waals surface area (Å²) in [6, 6.07) is 0. The first-order valence-corrected chi connectivity index (χ1v) is 3.38. The first-order chi connectivity index (χ1) is 5.13. The van der Waals surface area contributed by atoms with Crippen molar-refractivity contribution in [2.45, 2.75) is 26.7 Å². The molecule has 0 unspecified atom stereocenters. The van der Waals surface area contributed by atoms with Crippen LogP contribution in [0.4, 0.5) is 0 Å². The Morgan fingerprint density at radius 3 is 2.45 bits per heavy atom. The average molecular weight is 160 g/mol. The Bertz CT molecular complexity index is 171. The molecule has 0 aliphatic heterocycles. The van der Waals surface area contributed by atoms with Crippen molar-refractivity contribution in [3.63, 3.8) is 0 Å². The topological polar surface area (TPSA) is 66.8 Å². The van der Waals surface area contributed by atoms with Gasteiger partial charge in [-0.3, -0.25) is 4.89 Å². The molecule has 0 heterocycles. The second-order valence-electron chi connectivity index (χ2n) is 2.20. The maximum absolute atomic E-state index is 10.5. The van der Waals surface area contributed by atoms with Gasteiger partial charge in [-0.25, -0.2) is 4.79 Å². The molecule has 0 atom stereocenters. The molecule has 2 N–H and O–H groups in total. The molecule has 4 nitrogen and oxygen atoms in total. The molecular weight excluding hydrogens is 148 g/mol. The van der Waals surface area contributed by atoms with Crippen LogP contribution in [-0.4, -0.2) is 16.3 Å². The van der Waals surface area contributed by atoms with E-state index in [1.165, 1.54) is 6.92 Å². The van der Waals surface area contributed by atoms with Gasteiger partial charge < -0.3 is 5.11 Å². The third kappa shape index (κ3) is 3.04. The van der Waals surface area contributed by atoms with Crippen molar-refractivity contribution in [2.24, 2.45) is 0 Å². The molecule has 0 spiro atoms. The fraction of sp³-hybridized carbons (Fsp3) is 0.571. The molecular formula is C7H12O4. The molecule has 0 saturated heterocycles. The third-order valence-corrected chi connectivity index (χ3v) is 1.31. The lowest BCUT2D eigenvalue weighted by Gasteiger charge is -2.00. The molecule has 0 amide bonds. The maximum atomic E-state index is 10.5. The van der Waals surface area contributed by atoms with Gasteiger partial charge >= 0.3 is 5.97 Å². The standard InChI is InChI=1S/C7H12O4/c1-3-4-6(8)5(2)7(9)11-10/h8,10H,3-4H2,1-2H3. The number of carbonyl (C=O) groups excluding carboxylic acids is 1. The van der Waals surface area contributed by atoms with Crippen LogP contribution in [0.2, 0.25) is 0 Å². The van der Waals surface area contributed by atoms with Crippen LogP contribution in [0.15, 0.2) is 11.3 Å². The minimum atomic E-state index is -0.907. The smallest absolute Gasteiger partial charge is 0.371 e. The van der Waals surface area contributed by atoms with E-state index in [-0.39, 0.29) is 11.3 Å². The highest BCUT2D eigenvalue weighted by molar-refractivity contribution is 5.87. The van der Waals surface area contributed by atoms with Gasteiger partial charge in [0.15, 0.2) is 0 Å². The van der Waals surface area contributed by atoms with Gasteiger partial charge in [0.05, 0.1) is 5.57 Å². The molecule has 0 aromatic heterocycles. The van der Waals surface area contributed by atoms with Gasteiger partial charge in [0.25, 0.3) is 0 Å². The lowest BCUT2D eigenvalue weighted by atomic mass is 10.2. The second kappa shape index (κ2) is 4.73. The molecule has 0 aromatic carbocycles. The van der Waals surface area contributed by atoms with Crippen molar-refractivity contribution in [1.82, 2.24) is 0 Å². The van der Waals surface area contributed by atoms with Gasteiger partial charge in [0.1, 0.15) is 5.76 Å². The van der Waals surface area contributed by atoms with E-state index in [2.05, 4.69) is 4.89 Å². The largest absolute Gasteiger partial charge is 0.512 e. The molecule has 0 fully saturated rings. The zero-order valence-electron chi connectivity index (χ0n) is 6.63. The van der Waals surface area contributed by atoms with Crippen molar-refractivity contribution in [3.05, 3.63) is 11.3 Å². The Hall–Kier alpha value is -1.03. The number of hydrogen-bond donors (Lipinski definition) is 2. The number of rotatable bonds is 3. The zero-order valence-corrected chi connectivity index (χ0v) is 6.63. The van der Waals surface area contributed by atoms with Crippen LogP contribution in [0, 0.1) is 0 Å². The molecule has 64 valence electrons. The summed E-state index contributed by atoms with van der Waals surface area (Å²) >= 11 is 0. The maximum Gasteiger partial charge on any atom is 0.371 e. The molecule has 4 heteroatoms. The number of carbonyl (C=O) groups is 1. The van der Waals surface area contributed by atoms with Crippen molar-refractivity contribution < 1.29 is 20.0 Å². The SMILES string of the molecule is CCCC(O)=C(C)C(=O)OO. The summed E-state index contributed by atoms with van der Waals surface area (Å²) in [5, 5.41) is 17.0. The van der Waals surface area contributed by atoms with E-state index in [4.69, 9.17) is 10.4 Å². The minimum Gasteiger partial charge on any atom is -0.512 e. The number of aliphatic hydroxyl groups is 1. The van der Waals surface area contributed by atoms with E-state index in [1.54, 1.807) is 0 Å². The van der Waals surface area contributed by atoms with Gasteiger partial charge in [0, 0.05) is 6.42 Å².